The van der Waals surface area contributed by atoms with Gasteiger partial charge >= 0.3 is 0 Å². The Kier molecular flexibility index (Phi) is 4.85. The van der Waals surface area contributed by atoms with Gasteiger partial charge in [0.25, 0.3) is 0 Å². The molecule has 0 aromatic heterocycles. The molecule has 4 rings (SSSR count). The lowest BCUT2D eigenvalue weighted by atomic mass is 9.44. The molecule has 0 unspecified atom stereocenters. The largest absolute Gasteiger partial charge is 0.367 e. The van der Waals surface area contributed by atoms with E-state index in [1.165, 1.54) is 19.3 Å². The van der Waals surface area contributed by atoms with Crippen LogP contribution in [0.4, 0.5) is 0 Å². The molecular formula is C24H38O3. The zero-order chi connectivity index (χ0) is 19.4. The number of hydrogen-bond acceptors (Lipinski definition) is 3. The summed E-state index contributed by atoms with van der Waals surface area (Å²) in [6.07, 6.45) is 10.6. The van der Waals surface area contributed by atoms with Crippen molar-refractivity contribution >= 4 is 11.6 Å². The Morgan fingerprint density at radius 1 is 1.07 bits per heavy atom. The van der Waals surface area contributed by atoms with Crippen molar-refractivity contribution in [3.8, 4) is 0 Å². The van der Waals surface area contributed by atoms with Crippen molar-refractivity contribution in [3.63, 3.8) is 0 Å². The molecule has 7 atom stereocenters. The average Bonchev–Trinajstić information content (AvgIpc) is 2.95. The maximum atomic E-state index is 12.6. The zero-order valence-electron chi connectivity index (χ0n) is 17.8. The van der Waals surface area contributed by atoms with E-state index in [2.05, 4.69) is 20.8 Å². The first-order valence-corrected chi connectivity index (χ1v) is 11.4. The van der Waals surface area contributed by atoms with Crippen LogP contribution in [0.1, 0.15) is 91.9 Å². The summed E-state index contributed by atoms with van der Waals surface area (Å²) in [6, 6.07) is 0. The van der Waals surface area contributed by atoms with Gasteiger partial charge in [0.1, 0.15) is 11.4 Å². The normalized spacial score (nSPS) is 49.3. The molecule has 0 spiro atoms. The molecule has 27 heavy (non-hydrogen) atoms. The van der Waals surface area contributed by atoms with Gasteiger partial charge < -0.3 is 4.74 Å². The molecule has 3 nitrogen and oxygen atoms in total. The van der Waals surface area contributed by atoms with Gasteiger partial charge in [-0.05, 0) is 93.8 Å². The maximum Gasteiger partial charge on any atom is 0.161 e. The number of ketones is 2. The second kappa shape index (κ2) is 6.68. The number of carbonyl (C=O) groups is 2. The summed E-state index contributed by atoms with van der Waals surface area (Å²) in [7, 11) is 0. The zero-order valence-corrected chi connectivity index (χ0v) is 17.8. The molecular weight excluding hydrogens is 336 g/mol. The molecule has 0 saturated heterocycles. The first-order valence-electron chi connectivity index (χ1n) is 11.4. The highest BCUT2D eigenvalue weighted by Crippen LogP contribution is 2.66. The van der Waals surface area contributed by atoms with Gasteiger partial charge in [-0.3, -0.25) is 9.59 Å². The van der Waals surface area contributed by atoms with Crippen LogP contribution in [-0.4, -0.2) is 23.8 Å². The molecule has 4 aliphatic rings. The van der Waals surface area contributed by atoms with E-state index < -0.39 is 5.60 Å². The van der Waals surface area contributed by atoms with Gasteiger partial charge in [-0.2, -0.15) is 0 Å². The van der Waals surface area contributed by atoms with Gasteiger partial charge in [0, 0.05) is 18.4 Å². The van der Waals surface area contributed by atoms with Gasteiger partial charge in [0.2, 0.25) is 0 Å². The highest BCUT2D eigenvalue weighted by atomic mass is 16.5. The topological polar surface area (TPSA) is 43.4 Å². The Morgan fingerprint density at radius 3 is 2.56 bits per heavy atom. The van der Waals surface area contributed by atoms with Crippen LogP contribution in [0.25, 0.3) is 0 Å². The van der Waals surface area contributed by atoms with Gasteiger partial charge in [-0.15, -0.1) is 0 Å². The minimum atomic E-state index is -0.528. The monoisotopic (exact) mass is 374 g/mol. The standard InChI is InChI=1S/C24H38O3/c1-5-14-27-24(16(2)25)13-12-22(3)17(15-24)6-7-18-19-8-9-21(26)23(19,4)11-10-20(18)22/h17-20H,5-15H2,1-4H3/t17-,18+,19-,20+,22-,23-,24-/m0/s1. The summed E-state index contributed by atoms with van der Waals surface area (Å²) in [4.78, 5) is 25.1. The van der Waals surface area contributed by atoms with Crippen LogP contribution in [-0.2, 0) is 14.3 Å². The van der Waals surface area contributed by atoms with Crippen LogP contribution in [0.2, 0.25) is 0 Å². The molecule has 0 amide bonds. The minimum absolute atomic E-state index is 0.0353. The summed E-state index contributed by atoms with van der Waals surface area (Å²) >= 11 is 0. The molecule has 0 radical (unpaired) electrons. The van der Waals surface area contributed by atoms with Crippen molar-refractivity contribution in [3.05, 3.63) is 0 Å². The molecule has 0 aromatic carbocycles. The molecule has 0 aliphatic heterocycles. The summed E-state index contributed by atoms with van der Waals surface area (Å²) in [5, 5.41) is 0. The summed E-state index contributed by atoms with van der Waals surface area (Å²) in [6.45, 7) is 9.32. The predicted molar refractivity (Wildman–Crippen MR) is 106 cm³/mol. The molecule has 3 heteroatoms. The van der Waals surface area contributed by atoms with Crippen LogP contribution < -0.4 is 0 Å². The molecule has 0 N–H and O–H groups in total. The molecule has 0 bridgehead atoms. The van der Waals surface area contributed by atoms with E-state index >= 15 is 0 Å². The van der Waals surface area contributed by atoms with E-state index in [4.69, 9.17) is 4.74 Å². The van der Waals surface area contributed by atoms with E-state index in [0.717, 1.165) is 56.8 Å². The van der Waals surface area contributed by atoms with E-state index in [9.17, 15) is 9.59 Å². The number of Topliss-reactive ketones (excluding diaryl/α,β-unsaturated/α-hetero) is 2. The number of rotatable bonds is 4. The summed E-state index contributed by atoms with van der Waals surface area (Å²) in [5.74, 6) is 3.42. The summed E-state index contributed by atoms with van der Waals surface area (Å²) < 4.78 is 6.22. The Morgan fingerprint density at radius 2 is 1.85 bits per heavy atom. The maximum absolute atomic E-state index is 12.6. The number of hydrogen-bond donors (Lipinski definition) is 0. The minimum Gasteiger partial charge on any atom is -0.367 e. The third-order valence-corrected chi connectivity index (χ3v) is 9.64. The molecule has 152 valence electrons. The number of ether oxygens (including phenoxy) is 1. The second-order valence-electron chi connectivity index (χ2n) is 10.7. The van der Waals surface area contributed by atoms with E-state index in [0.29, 0.717) is 29.6 Å². The lowest BCUT2D eigenvalue weighted by Crippen LogP contribution is -2.57. The molecule has 0 heterocycles. The highest BCUT2D eigenvalue weighted by molar-refractivity contribution is 5.87. The van der Waals surface area contributed by atoms with Crippen LogP contribution in [0.15, 0.2) is 0 Å². The van der Waals surface area contributed by atoms with E-state index in [1.54, 1.807) is 6.92 Å². The fourth-order valence-electron chi connectivity index (χ4n) is 7.85. The smallest absolute Gasteiger partial charge is 0.161 e. The quantitative estimate of drug-likeness (QED) is 0.666. The molecule has 4 fully saturated rings. The lowest BCUT2D eigenvalue weighted by molar-refractivity contribution is -0.176. The Bertz CT molecular complexity index is 627. The van der Waals surface area contributed by atoms with Crippen LogP contribution in [0.3, 0.4) is 0 Å². The SMILES string of the molecule is CCCO[C@@]1(C(C)=O)CC[C@@]2(C)[C@@H](CC[C@H]3[C@H]2CC[C@]2(C)C(=O)CC[C@@H]32)C1. The van der Waals surface area contributed by atoms with Gasteiger partial charge in [0.05, 0.1) is 0 Å². The van der Waals surface area contributed by atoms with E-state index in [-0.39, 0.29) is 11.2 Å². The lowest BCUT2D eigenvalue weighted by Gasteiger charge is -2.61. The Hall–Kier alpha value is -0.700. The van der Waals surface area contributed by atoms with Crippen LogP contribution >= 0.6 is 0 Å². The third-order valence-electron chi connectivity index (χ3n) is 9.64. The molecule has 4 saturated carbocycles. The van der Waals surface area contributed by atoms with Crippen molar-refractivity contribution in [1.82, 2.24) is 0 Å². The fraction of sp³-hybridized carbons (Fsp3) is 0.917. The molecule has 4 aliphatic carbocycles. The fourth-order valence-corrected chi connectivity index (χ4v) is 7.85. The van der Waals surface area contributed by atoms with Gasteiger partial charge in [-0.1, -0.05) is 20.8 Å². The first-order chi connectivity index (χ1) is 12.8. The Labute approximate surface area is 165 Å². The average molecular weight is 375 g/mol. The van der Waals surface area contributed by atoms with Crippen molar-refractivity contribution in [2.75, 3.05) is 6.61 Å². The van der Waals surface area contributed by atoms with Crippen LogP contribution in [0.5, 0.6) is 0 Å². The molecule has 0 aromatic rings. The number of carbonyl (C=O) groups excluding carboxylic acids is 2. The van der Waals surface area contributed by atoms with E-state index in [1.807, 2.05) is 0 Å². The van der Waals surface area contributed by atoms with Crippen LogP contribution in [0, 0.1) is 34.5 Å². The second-order valence-corrected chi connectivity index (χ2v) is 10.7. The van der Waals surface area contributed by atoms with Crippen molar-refractivity contribution in [1.29, 1.82) is 0 Å². The predicted octanol–water partition coefficient (Wildman–Crippen LogP) is 5.35. The summed E-state index contributed by atoms with van der Waals surface area (Å²) in [5.41, 5.74) is -0.240. The van der Waals surface area contributed by atoms with Crippen molar-refractivity contribution in [2.45, 2.75) is 97.5 Å². The highest BCUT2D eigenvalue weighted by Gasteiger charge is 2.62. The van der Waals surface area contributed by atoms with Gasteiger partial charge in [-0.25, -0.2) is 0 Å². The first kappa shape index (κ1) is 19.6. The van der Waals surface area contributed by atoms with Gasteiger partial charge in [0.15, 0.2) is 5.78 Å². The Balaban J connectivity index is 1.57. The van der Waals surface area contributed by atoms with Crippen molar-refractivity contribution in [2.24, 2.45) is 34.5 Å². The number of fused-ring (bicyclic) bond motifs is 5. The van der Waals surface area contributed by atoms with Crippen molar-refractivity contribution < 1.29 is 14.3 Å². The third kappa shape index (κ3) is 2.78.